The molecular formula is C17H18ClF2N. The van der Waals surface area contributed by atoms with E-state index in [-0.39, 0.29) is 17.7 Å². The molecule has 2 aromatic carbocycles. The zero-order valence-electron chi connectivity index (χ0n) is 12.1. The van der Waals surface area contributed by atoms with Crippen molar-refractivity contribution in [3.63, 3.8) is 0 Å². The van der Waals surface area contributed by atoms with E-state index in [0.717, 1.165) is 5.56 Å². The standard InChI is InChI=1S/C17H18ClF2N/c1-3-21-17(9-12-4-6-13(18)7-5-12)14-10-15(19)11(2)8-16(14)20/h4-8,10,17,21H,3,9H2,1-2H3. The number of aryl methyl sites for hydroxylation is 1. The molecular weight excluding hydrogens is 292 g/mol. The van der Waals surface area contributed by atoms with Crippen LogP contribution in [0, 0.1) is 18.6 Å². The maximum atomic E-state index is 14.1. The molecule has 0 fully saturated rings. The van der Waals surface area contributed by atoms with E-state index >= 15 is 0 Å². The van der Waals surface area contributed by atoms with E-state index in [1.807, 2.05) is 19.1 Å². The fourth-order valence-corrected chi connectivity index (χ4v) is 2.45. The third-order valence-corrected chi connectivity index (χ3v) is 3.71. The smallest absolute Gasteiger partial charge is 0.128 e. The first-order valence-corrected chi connectivity index (χ1v) is 7.32. The summed E-state index contributed by atoms with van der Waals surface area (Å²) < 4.78 is 27.9. The van der Waals surface area contributed by atoms with Gasteiger partial charge in [-0.3, -0.25) is 0 Å². The maximum absolute atomic E-state index is 14.1. The van der Waals surface area contributed by atoms with Crippen LogP contribution in [0.5, 0.6) is 0 Å². The summed E-state index contributed by atoms with van der Waals surface area (Å²) >= 11 is 5.86. The first kappa shape index (κ1) is 15.9. The van der Waals surface area contributed by atoms with Crippen molar-refractivity contribution in [3.8, 4) is 0 Å². The molecule has 0 heterocycles. The summed E-state index contributed by atoms with van der Waals surface area (Å²) in [5.74, 6) is -0.765. The molecule has 0 aliphatic carbocycles. The lowest BCUT2D eigenvalue weighted by molar-refractivity contribution is 0.500. The van der Waals surface area contributed by atoms with Gasteiger partial charge >= 0.3 is 0 Å². The van der Waals surface area contributed by atoms with Gasteiger partial charge in [0.2, 0.25) is 0 Å². The molecule has 0 saturated carbocycles. The van der Waals surface area contributed by atoms with Gasteiger partial charge in [0.25, 0.3) is 0 Å². The van der Waals surface area contributed by atoms with Crippen LogP contribution in [0.15, 0.2) is 36.4 Å². The second-order valence-electron chi connectivity index (χ2n) is 5.06. The molecule has 0 spiro atoms. The normalized spacial score (nSPS) is 12.4. The molecule has 112 valence electrons. The van der Waals surface area contributed by atoms with Crippen molar-refractivity contribution in [2.24, 2.45) is 0 Å². The SMILES string of the molecule is CCNC(Cc1ccc(Cl)cc1)c1cc(F)c(C)cc1F. The summed E-state index contributed by atoms with van der Waals surface area (Å²) in [5, 5.41) is 3.87. The van der Waals surface area contributed by atoms with Gasteiger partial charge < -0.3 is 5.32 Å². The number of benzene rings is 2. The molecule has 1 nitrogen and oxygen atoms in total. The Hall–Kier alpha value is -1.45. The summed E-state index contributed by atoms with van der Waals surface area (Å²) in [6.07, 6.45) is 0.574. The van der Waals surface area contributed by atoms with Crippen molar-refractivity contribution in [1.82, 2.24) is 5.32 Å². The Morgan fingerprint density at radius 2 is 1.76 bits per heavy atom. The van der Waals surface area contributed by atoms with E-state index in [1.54, 1.807) is 19.1 Å². The summed E-state index contributed by atoms with van der Waals surface area (Å²) in [7, 11) is 0. The van der Waals surface area contributed by atoms with E-state index in [9.17, 15) is 8.78 Å². The molecule has 21 heavy (non-hydrogen) atoms. The second-order valence-corrected chi connectivity index (χ2v) is 5.50. The molecule has 1 unspecified atom stereocenters. The Bertz CT molecular complexity index is 611. The van der Waals surface area contributed by atoms with Crippen LogP contribution in [0.3, 0.4) is 0 Å². The fourth-order valence-electron chi connectivity index (χ4n) is 2.32. The van der Waals surface area contributed by atoms with Gasteiger partial charge in [-0.15, -0.1) is 0 Å². The van der Waals surface area contributed by atoms with Gasteiger partial charge in [0.15, 0.2) is 0 Å². The molecule has 2 aromatic rings. The van der Waals surface area contributed by atoms with Crippen LogP contribution in [0.25, 0.3) is 0 Å². The zero-order chi connectivity index (χ0) is 15.4. The molecule has 0 radical (unpaired) electrons. The number of nitrogens with one attached hydrogen (secondary N) is 1. The van der Waals surface area contributed by atoms with E-state index in [2.05, 4.69) is 5.32 Å². The molecule has 0 saturated heterocycles. The first-order chi connectivity index (χ1) is 10.0. The third-order valence-electron chi connectivity index (χ3n) is 3.46. The van der Waals surface area contributed by atoms with Gasteiger partial charge in [0.05, 0.1) is 0 Å². The lowest BCUT2D eigenvalue weighted by Crippen LogP contribution is -2.24. The van der Waals surface area contributed by atoms with E-state index in [4.69, 9.17) is 11.6 Å². The molecule has 0 aliphatic heterocycles. The summed E-state index contributed by atoms with van der Waals surface area (Å²) in [6.45, 7) is 4.17. The molecule has 2 rings (SSSR count). The first-order valence-electron chi connectivity index (χ1n) is 6.94. The van der Waals surface area contributed by atoms with Crippen molar-refractivity contribution >= 4 is 11.6 Å². The van der Waals surface area contributed by atoms with Crippen LogP contribution in [-0.4, -0.2) is 6.54 Å². The number of likely N-dealkylation sites (N-methyl/N-ethyl adjacent to an activating group) is 1. The molecule has 0 aromatic heterocycles. The van der Waals surface area contributed by atoms with Gasteiger partial charge in [-0.1, -0.05) is 30.7 Å². The highest BCUT2D eigenvalue weighted by Crippen LogP contribution is 2.24. The highest BCUT2D eigenvalue weighted by molar-refractivity contribution is 6.30. The van der Waals surface area contributed by atoms with Crippen LogP contribution in [0.2, 0.25) is 5.02 Å². The predicted octanol–water partition coefficient (Wildman–Crippen LogP) is 4.82. The van der Waals surface area contributed by atoms with Crippen LogP contribution in [0.1, 0.15) is 29.7 Å². The highest BCUT2D eigenvalue weighted by Gasteiger charge is 2.17. The largest absolute Gasteiger partial charge is 0.310 e. The van der Waals surface area contributed by atoms with Crippen LogP contribution < -0.4 is 5.32 Å². The van der Waals surface area contributed by atoms with Gasteiger partial charge in [-0.05, 0) is 55.3 Å². The summed E-state index contributed by atoms with van der Waals surface area (Å²) in [6, 6.07) is 9.65. The number of hydrogen-bond donors (Lipinski definition) is 1. The second kappa shape index (κ2) is 7.01. The van der Waals surface area contributed by atoms with Crippen molar-refractivity contribution in [3.05, 3.63) is 69.7 Å². The van der Waals surface area contributed by atoms with Gasteiger partial charge in [0, 0.05) is 16.6 Å². The number of hydrogen-bond acceptors (Lipinski definition) is 1. The lowest BCUT2D eigenvalue weighted by atomic mass is 9.97. The Labute approximate surface area is 128 Å². The zero-order valence-corrected chi connectivity index (χ0v) is 12.8. The van der Waals surface area contributed by atoms with Crippen LogP contribution in [0.4, 0.5) is 8.78 Å². The molecule has 1 atom stereocenters. The average molecular weight is 310 g/mol. The van der Waals surface area contributed by atoms with Gasteiger partial charge in [-0.2, -0.15) is 0 Å². The van der Waals surface area contributed by atoms with Gasteiger partial charge in [-0.25, -0.2) is 8.78 Å². The maximum Gasteiger partial charge on any atom is 0.128 e. The van der Waals surface area contributed by atoms with Crippen LogP contribution in [-0.2, 0) is 6.42 Å². The summed E-state index contributed by atoms with van der Waals surface area (Å²) in [4.78, 5) is 0. The number of rotatable bonds is 5. The van der Waals surface area contributed by atoms with E-state index < -0.39 is 0 Å². The fraction of sp³-hybridized carbons (Fsp3) is 0.294. The highest BCUT2D eigenvalue weighted by atomic mass is 35.5. The van der Waals surface area contributed by atoms with E-state index in [0.29, 0.717) is 29.1 Å². The topological polar surface area (TPSA) is 12.0 Å². The van der Waals surface area contributed by atoms with Crippen molar-refractivity contribution in [1.29, 1.82) is 0 Å². The molecule has 4 heteroatoms. The molecule has 0 bridgehead atoms. The average Bonchev–Trinajstić information content (AvgIpc) is 2.45. The van der Waals surface area contributed by atoms with E-state index in [1.165, 1.54) is 12.1 Å². The molecule has 0 aliphatic rings. The number of halogens is 3. The Kier molecular flexibility index (Phi) is 5.32. The summed E-state index contributed by atoms with van der Waals surface area (Å²) in [5.41, 5.74) is 1.69. The minimum atomic E-state index is -0.384. The monoisotopic (exact) mass is 309 g/mol. The Morgan fingerprint density at radius 3 is 2.38 bits per heavy atom. The minimum absolute atomic E-state index is 0.272. The van der Waals surface area contributed by atoms with Crippen molar-refractivity contribution in [2.75, 3.05) is 6.54 Å². The van der Waals surface area contributed by atoms with Crippen LogP contribution >= 0.6 is 11.6 Å². The van der Waals surface area contributed by atoms with Gasteiger partial charge in [0.1, 0.15) is 11.6 Å². The Balaban J connectivity index is 2.30. The molecule has 0 amide bonds. The minimum Gasteiger partial charge on any atom is -0.310 e. The predicted molar refractivity (Wildman–Crippen MR) is 82.7 cm³/mol. The van der Waals surface area contributed by atoms with Crippen molar-refractivity contribution < 1.29 is 8.78 Å². The quantitative estimate of drug-likeness (QED) is 0.835. The Morgan fingerprint density at radius 1 is 1.10 bits per heavy atom. The van der Waals surface area contributed by atoms with Crippen molar-refractivity contribution in [2.45, 2.75) is 26.3 Å². The third kappa shape index (κ3) is 4.02. The molecule has 1 N–H and O–H groups in total. The lowest BCUT2D eigenvalue weighted by Gasteiger charge is -2.20.